The number of rotatable bonds is 8. The number of piperidine rings is 1. The molecule has 12 heteroatoms. The minimum Gasteiger partial charge on any atom is -0.494 e. The first-order valence-electron chi connectivity index (χ1n) is 14.0. The Morgan fingerprint density at radius 3 is 2.41 bits per heavy atom. The molecule has 3 heterocycles. The van der Waals surface area contributed by atoms with Crippen molar-refractivity contribution in [3.8, 4) is 5.75 Å². The summed E-state index contributed by atoms with van der Waals surface area (Å²) in [6.07, 6.45) is 3.28. The molecule has 41 heavy (non-hydrogen) atoms. The predicted molar refractivity (Wildman–Crippen MR) is 166 cm³/mol. The van der Waals surface area contributed by atoms with Gasteiger partial charge in [-0.05, 0) is 51.4 Å². The standard InChI is InChI=1S/C29H40FN8O2P/c1-36-13-15-37(16-14-36)20-9-11-38(12-10-20)25-18-26(40-2)24(17-22(25)31)34-29-32-19-21(30)28(35-29)33-23-7-5-6-8-27(23)41(3,4)39/h5-8,17-20H,9-16,31H2,1-4H3,(H2,32,33,34,35). The lowest BCUT2D eigenvalue weighted by molar-refractivity contribution is 0.0982. The minimum atomic E-state index is -2.60. The van der Waals surface area contributed by atoms with Crippen LogP contribution in [0.5, 0.6) is 5.75 Å². The lowest BCUT2D eigenvalue weighted by Gasteiger charge is -2.42. The van der Waals surface area contributed by atoms with E-state index in [0.29, 0.717) is 34.2 Å². The van der Waals surface area contributed by atoms with E-state index in [1.54, 1.807) is 50.8 Å². The van der Waals surface area contributed by atoms with Crippen LogP contribution in [0.25, 0.3) is 0 Å². The van der Waals surface area contributed by atoms with Crippen molar-refractivity contribution in [2.24, 2.45) is 0 Å². The van der Waals surface area contributed by atoms with Crippen LogP contribution in [0.2, 0.25) is 0 Å². The largest absolute Gasteiger partial charge is 0.494 e. The van der Waals surface area contributed by atoms with Gasteiger partial charge in [-0.3, -0.25) is 4.90 Å². The highest BCUT2D eigenvalue weighted by Crippen LogP contribution is 2.39. The topological polar surface area (TPSA) is 112 Å². The highest BCUT2D eigenvalue weighted by molar-refractivity contribution is 7.70. The summed E-state index contributed by atoms with van der Waals surface area (Å²) in [5.74, 6) is 0.0893. The minimum absolute atomic E-state index is 0.0322. The number of para-hydroxylation sites is 1. The van der Waals surface area contributed by atoms with Gasteiger partial charge in [0.25, 0.3) is 0 Å². The lowest BCUT2D eigenvalue weighted by Crippen LogP contribution is -2.52. The smallest absolute Gasteiger partial charge is 0.229 e. The quantitative estimate of drug-likeness (QED) is 0.265. The number of nitrogens with two attached hydrogens (primary N) is 1. The summed E-state index contributed by atoms with van der Waals surface area (Å²) in [7, 11) is 1.18. The molecular weight excluding hydrogens is 542 g/mol. The van der Waals surface area contributed by atoms with Gasteiger partial charge in [0, 0.05) is 56.7 Å². The molecule has 2 aliphatic rings. The summed E-state index contributed by atoms with van der Waals surface area (Å²) >= 11 is 0. The summed E-state index contributed by atoms with van der Waals surface area (Å²) in [4.78, 5) is 15.8. The van der Waals surface area contributed by atoms with E-state index in [9.17, 15) is 8.96 Å². The molecule has 5 rings (SSSR count). The number of ether oxygens (including phenoxy) is 1. The van der Waals surface area contributed by atoms with Crippen LogP contribution in [-0.2, 0) is 4.57 Å². The average molecular weight is 583 g/mol. The Kier molecular flexibility index (Phi) is 8.68. The molecule has 4 N–H and O–H groups in total. The number of nitrogen functional groups attached to an aromatic ring is 1. The summed E-state index contributed by atoms with van der Waals surface area (Å²) in [6, 6.07) is 11.5. The molecule has 2 fully saturated rings. The summed E-state index contributed by atoms with van der Waals surface area (Å²) in [5, 5.41) is 6.73. The number of hydrogen-bond acceptors (Lipinski definition) is 10. The van der Waals surface area contributed by atoms with Crippen molar-refractivity contribution in [1.29, 1.82) is 0 Å². The van der Waals surface area contributed by atoms with Crippen LogP contribution in [0, 0.1) is 5.82 Å². The van der Waals surface area contributed by atoms with Gasteiger partial charge in [0.15, 0.2) is 11.6 Å². The molecule has 0 saturated carbocycles. The number of piperazine rings is 1. The summed E-state index contributed by atoms with van der Waals surface area (Å²) in [5.41, 5.74) is 9.20. The molecule has 0 amide bonds. The van der Waals surface area contributed by atoms with E-state index < -0.39 is 13.0 Å². The van der Waals surface area contributed by atoms with E-state index in [0.717, 1.165) is 64.0 Å². The van der Waals surface area contributed by atoms with Gasteiger partial charge in [-0.15, -0.1) is 0 Å². The summed E-state index contributed by atoms with van der Waals surface area (Å²) < 4.78 is 33.2. The molecule has 1 aromatic heterocycles. The molecule has 3 aromatic rings. The van der Waals surface area contributed by atoms with Crippen molar-refractivity contribution in [3.63, 3.8) is 0 Å². The van der Waals surface area contributed by atoms with Crippen molar-refractivity contribution in [3.05, 3.63) is 48.4 Å². The first-order chi connectivity index (χ1) is 19.6. The number of methoxy groups -OCH3 is 1. The van der Waals surface area contributed by atoms with E-state index in [2.05, 4.69) is 42.3 Å². The van der Waals surface area contributed by atoms with Gasteiger partial charge in [-0.2, -0.15) is 4.98 Å². The molecule has 0 spiro atoms. The van der Waals surface area contributed by atoms with Gasteiger partial charge >= 0.3 is 0 Å². The van der Waals surface area contributed by atoms with Crippen LogP contribution in [0.1, 0.15) is 12.8 Å². The summed E-state index contributed by atoms with van der Waals surface area (Å²) in [6.45, 7) is 9.71. The first-order valence-corrected chi connectivity index (χ1v) is 16.6. The van der Waals surface area contributed by atoms with E-state index in [1.165, 1.54) is 0 Å². The number of hydrogen-bond donors (Lipinski definition) is 3. The monoisotopic (exact) mass is 582 g/mol. The molecule has 0 aliphatic carbocycles. The van der Waals surface area contributed by atoms with E-state index in [-0.39, 0.29) is 11.8 Å². The third-order valence-corrected chi connectivity index (χ3v) is 9.49. The fraction of sp³-hybridized carbons (Fsp3) is 0.448. The fourth-order valence-corrected chi connectivity index (χ4v) is 6.75. The zero-order valence-electron chi connectivity index (χ0n) is 24.2. The predicted octanol–water partition coefficient (Wildman–Crippen LogP) is 4.16. The Labute approximate surface area is 241 Å². The highest BCUT2D eigenvalue weighted by Gasteiger charge is 2.28. The van der Waals surface area contributed by atoms with Gasteiger partial charge in [-0.25, -0.2) is 9.37 Å². The molecule has 0 bridgehead atoms. The van der Waals surface area contributed by atoms with Crippen LogP contribution in [0.3, 0.4) is 0 Å². The third-order valence-electron chi connectivity index (χ3n) is 7.94. The molecule has 2 saturated heterocycles. The second-order valence-corrected chi connectivity index (χ2v) is 14.4. The number of halogens is 1. The van der Waals surface area contributed by atoms with E-state index in [4.69, 9.17) is 10.5 Å². The Bertz CT molecular complexity index is 1420. The normalized spacial score (nSPS) is 17.4. The van der Waals surface area contributed by atoms with Gasteiger partial charge in [0.2, 0.25) is 5.95 Å². The van der Waals surface area contributed by atoms with Crippen molar-refractivity contribution in [2.45, 2.75) is 18.9 Å². The number of benzene rings is 2. The van der Waals surface area contributed by atoms with Crippen molar-refractivity contribution >= 4 is 47.0 Å². The molecule has 220 valence electrons. The lowest BCUT2D eigenvalue weighted by atomic mass is 10.0. The SMILES string of the molecule is COc1cc(N2CCC(N3CCN(C)CC3)CC2)c(N)cc1Nc1ncc(F)c(Nc2ccccc2P(C)(C)=O)n1. The third kappa shape index (κ3) is 6.74. The number of aromatic nitrogens is 2. The molecule has 2 aromatic carbocycles. The van der Waals surface area contributed by atoms with Crippen LogP contribution in [0.15, 0.2) is 42.6 Å². The maximum absolute atomic E-state index is 14.7. The molecular formula is C29H40FN8O2P. The van der Waals surface area contributed by atoms with Crippen molar-refractivity contribution in [2.75, 3.05) is 88.0 Å². The van der Waals surface area contributed by atoms with E-state index in [1.807, 2.05) is 6.07 Å². The molecule has 0 unspecified atom stereocenters. The molecule has 0 atom stereocenters. The Morgan fingerprint density at radius 1 is 1.02 bits per heavy atom. The van der Waals surface area contributed by atoms with Gasteiger partial charge < -0.3 is 35.5 Å². The first kappa shape index (κ1) is 29.1. The maximum Gasteiger partial charge on any atom is 0.229 e. The zero-order valence-corrected chi connectivity index (χ0v) is 25.1. The van der Waals surface area contributed by atoms with Gasteiger partial charge in [0.05, 0.1) is 36.1 Å². The molecule has 2 aliphatic heterocycles. The van der Waals surface area contributed by atoms with Crippen molar-refractivity contribution < 1.29 is 13.7 Å². The molecule has 10 nitrogen and oxygen atoms in total. The van der Waals surface area contributed by atoms with Gasteiger partial charge in [0.1, 0.15) is 12.9 Å². The van der Waals surface area contributed by atoms with Gasteiger partial charge in [-0.1, -0.05) is 12.1 Å². The number of nitrogens with zero attached hydrogens (tertiary/aromatic N) is 5. The molecule has 0 radical (unpaired) electrons. The maximum atomic E-state index is 14.7. The van der Waals surface area contributed by atoms with E-state index >= 15 is 0 Å². The second kappa shape index (κ2) is 12.2. The Morgan fingerprint density at radius 2 is 1.73 bits per heavy atom. The average Bonchev–Trinajstić information content (AvgIpc) is 2.95. The Hall–Kier alpha value is -3.40. The number of nitrogens with one attached hydrogen (secondary N) is 2. The van der Waals surface area contributed by atoms with Crippen LogP contribution >= 0.6 is 7.14 Å². The van der Waals surface area contributed by atoms with Crippen molar-refractivity contribution in [1.82, 2.24) is 19.8 Å². The Balaban J connectivity index is 1.31. The fourth-order valence-electron chi connectivity index (χ4n) is 5.60. The van der Waals surface area contributed by atoms with Crippen LogP contribution in [0.4, 0.5) is 38.9 Å². The number of anilines is 6. The van der Waals surface area contributed by atoms with Crippen LogP contribution < -0.4 is 31.3 Å². The number of likely N-dealkylation sites (N-methyl/N-ethyl adjacent to an activating group) is 1. The zero-order chi connectivity index (χ0) is 29.1. The van der Waals surface area contributed by atoms with Crippen LogP contribution in [-0.4, -0.2) is 92.6 Å². The second-order valence-electron chi connectivity index (χ2n) is 11.2. The highest BCUT2D eigenvalue weighted by atomic mass is 31.2.